The number of phenolic OH excluding ortho intramolecular Hbond substituents is 1. The number of aromatic hydroxyl groups is 1. The Hall–Kier alpha value is -4.11. The van der Waals surface area contributed by atoms with Gasteiger partial charge in [-0.2, -0.15) is 0 Å². The number of rotatable bonds is 6. The van der Waals surface area contributed by atoms with E-state index in [2.05, 4.69) is 10.6 Å². The van der Waals surface area contributed by atoms with Gasteiger partial charge in [0.15, 0.2) is 5.75 Å². The highest BCUT2D eigenvalue weighted by molar-refractivity contribution is 6.31. The normalized spacial score (nSPS) is 15.5. The highest BCUT2D eigenvalue weighted by Gasteiger charge is 2.33. The van der Waals surface area contributed by atoms with Crippen LogP contribution in [0.15, 0.2) is 60.7 Å². The van der Waals surface area contributed by atoms with Crippen molar-refractivity contribution in [2.24, 2.45) is 0 Å². The van der Waals surface area contributed by atoms with Gasteiger partial charge in [0.1, 0.15) is 5.82 Å². The molecule has 0 bridgehead atoms. The van der Waals surface area contributed by atoms with Gasteiger partial charge >= 0.3 is 11.7 Å². The van der Waals surface area contributed by atoms with Gasteiger partial charge in [-0.1, -0.05) is 41.9 Å². The number of ether oxygens (including phenoxy) is 1. The molecule has 0 aliphatic carbocycles. The smallest absolute Gasteiger partial charge is 0.320 e. The standard InChI is InChI=1S/C24H19ClFN3O5/c1-2-34-19-12-15(11-18(23(19)30)29(32)33)22-20(13-6-4-3-5-7-13)21(27-24(31)28-22)14-8-9-17(26)16(25)10-14/h3-12,22,30H,2H2,1H3,(H2,27,28,31). The molecule has 0 saturated heterocycles. The van der Waals surface area contributed by atoms with Crippen LogP contribution >= 0.6 is 11.6 Å². The number of hydrogen-bond acceptors (Lipinski definition) is 5. The van der Waals surface area contributed by atoms with Crippen molar-refractivity contribution in [1.29, 1.82) is 0 Å². The Morgan fingerprint density at radius 1 is 1.15 bits per heavy atom. The summed E-state index contributed by atoms with van der Waals surface area (Å²) < 4.78 is 19.2. The molecule has 1 heterocycles. The van der Waals surface area contributed by atoms with Gasteiger partial charge in [-0.05, 0) is 42.3 Å². The van der Waals surface area contributed by atoms with E-state index in [1.165, 1.54) is 30.3 Å². The summed E-state index contributed by atoms with van der Waals surface area (Å²) >= 11 is 6.00. The minimum atomic E-state index is -0.867. The fraction of sp³-hybridized carbons (Fsp3) is 0.125. The lowest BCUT2D eigenvalue weighted by Crippen LogP contribution is -2.43. The summed E-state index contributed by atoms with van der Waals surface area (Å²) in [6.07, 6.45) is 0. The van der Waals surface area contributed by atoms with Gasteiger partial charge in [-0.3, -0.25) is 10.1 Å². The lowest BCUT2D eigenvalue weighted by molar-refractivity contribution is -0.386. The summed E-state index contributed by atoms with van der Waals surface area (Å²) in [5, 5.41) is 27.3. The highest BCUT2D eigenvalue weighted by atomic mass is 35.5. The van der Waals surface area contributed by atoms with Crippen LogP contribution in [0.2, 0.25) is 5.02 Å². The number of amides is 2. The Labute approximate surface area is 198 Å². The van der Waals surface area contributed by atoms with E-state index in [0.717, 1.165) is 0 Å². The largest absolute Gasteiger partial charge is 0.500 e. The van der Waals surface area contributed by atoms with Gasteiger partial charge in [0.2, 0.25) is 5.75 Å². The van der Waals surface area contributed by atoms with Gasteiger partial charge in [0.25, 0.3) is 0 Å². The SMILES string of the molecule is CCOc1cc(C2NC(=O)NC(c3ccc(F)c(Cl)c3)=C2c2ccccc2)cc([N+](=O)[O-])c1O. The van der Waals surface area contributed by atoms with Crippen molar-refractivity contribution in [2.45, 2.75) is 13.0 Å². The predicted octanol–water partition coefficient (Wildman–Crippen LogP) is 5.41. The molecule has 3 aromatic carbocycles. The summed E-state index contributed by atoms with van der Waals surface area (Å²) in [6.45, 7) is 1.84. The molecule has 3 aromatic rings. The number of nitrogens with zero attached hydrogens (tertiary/aromatic N) is 1. The molecule has 174 valence electrons. The summed E-state index contributed by atoms with van der Waals surface area (Å²) in [4.78, 5) is 23.6. The van der Waals surface area contributed by atoms with Gasteiger partial charge in [0.05, 0.1) is 28.3 Å². The molecule has 1 unspecified atom stereocenters. The Kier molecular flexibility index (Phi) is 6.38. The number of carbonyl (C=O) groups is 1. The summed E-state index contributed by atoms with van der Waals surface area (Å²) in [5.74, 6) is -1.30. The maximum Gasteiger partial charge on any atom is 0.320 e. The van der Waals surface area contributed by atoms with Crippen LogP contribution in [-0.2, 0) is 0 Å². The second-order valence-electron chi connectivity index (χ2n) is 7.39. The number of hydrogen-bond donors (Lipinski definition) is 3. The van der Waals surface area contributed by atoms with Crippen LogP contribution in [-0.4, -0.2) is 22.7 Å². The lowest BCUT2D eigenvalue weighted by atomic mass is 9.87. The Morgan fingerprint density at radius 3 is 2.53 bits per heavy atom. The number of halogens is 2. The monoisotopic (exact) mass is 483 g/mol. The van der Waals surface area contributed by atoms with Crippen molar-refractivity contribution in [1.82, 2.24) is 10.6 Å². The lowest BCUT2D eigenvalue weighted by Gasteiger charge is -2.31. The third-order valence-electron chi connectivity index (χ3n) is 5.27. The van der Waals surface area contributed by atoms with Crippen molar-refractivity contribution < 1.29 is 24.0 Å². The zero-order valence-corrected chi connectivity index (χ0v) is 18.6. The zero-order chi connectivity index (χ0) is 24.4. The first-order chi connectivity index (χ1) is 16.3. The Morgan fingerprint density at radius 2 is 1.88 bits per heavy atom. The second-order valence-corrected chi connectivity index (χ2v) is 7.80. The molecule has 0 fully saturated rings. The molecule has 8 nitrogen and oxygen atoms in total. The van der Waals surface area contributed by atoms with E-state index in [9.17, 15) is 24.4 Å². The van der Waals surface area contributed by atoms with Crippen molar-refractivity contribution in [2.75, 3.05) is 6.61 Å². The van der Waals surface area contributed by atoms with E-state index < -0.39 is 34.3 Å². The fourth-order valence-electron chi connectivity index (χ4n) is 3.81. The Balaban J connectivity index is 2.00. The maximum absolute atomic E-state index is 13.8. The molecular formula is C24H19ClFN3O5. The highest BCUT2D eigenvalue weighted by Crippen LogP contribution is 2.44. The molecule has 34 heavy (non-hydrogen) atoms. The van der Waals surface area contributed by atoms with Crippen molar-refractivity contribution in [3.05, 3.63) is 98.3 Å². The third-order valence-corrected chi connectivity index (χ3v) is 5.56. The van der Waals surface area contributed by atoms with Gasteiger partial charge < -0.3 is 20.5 Å². The Bertz CT molecular complexity index is 1310. The molecular weight excluding hydrogens is 465 g/mol. The third kappa shape index (κ3) is 4.38. The van der Waals surface area contributed by atoms with Crippen molar-refractivity contribution in [3.63, 3.8) is 0 Å². The molecule has 0 radical (unpaired) electrons. The van der Waals surface area contributed by atoms with Crippen LogP contribution in [0.3, 0.4) is 0 Å². The van der Waals surface area contributed by atoms with Crippen LogP contribution in [0.4, 0.5) is 14.9 Å². The minimum absolute atomic E-state index is 0.0849. The average molecular weight is 484 g/mol. The van der Waals surface area contributed by atoms with E-state index in [-0.39, 0.29) is 17.4 Å². The van der Waals surface area contributed by atoms with Crippen LogP contribution in [0.5, 0.6) is 11.5 Å². The fourth-order valence-corrected chi connectivity index (χ4v) is 3.99. The maximum atomic E-state index is 13.8. The number of nitrogens with one attached hydrogen (secondary N) is 2. The molecule has 0 spiro atoms. The number of nitro groups is 1. The number of urea groups is 1. The number of carbonyl (C=O) groups excluding carboxylic acids is 1. The first-order valence-corrected chi connectivity index (χ1v) is 10.6. The predicted molar refractivity (Wildman–Crippen MR) is 125 cm³/mol. The number of nitro benzene ring substituents is 1. The number of phenols is 1. The molecule has 0 aromatic heterocycles. The summed E-state index contributed by atoms with van der Waals surface area (Å²) in [7, 11) is 0. The quantitative estimate of drug-likeness (QED) is 0.320. The van der Waals surface area contributed by atoms with E-state index in [0.29, 0.717) is 28.0 Å². The average Bonchev–Trinajstić information content (AvgIpc) is 2.82. The minimum Gasteiger partial charge on any atom is -0.500 e. The van der Waals surface area contributed by atoms with Gasteiger partial charge in [-0.15, -0.1) is 0 Å². The van der Waals surface area contributed by atoms with Gasteiger partial charge in [-0.25, -0.2) is 9.18 Å². The van der Waals surface area contributed by atoms with Crippen molar-refractivity contribution >= 4 is 34.6 Å². The first kappa shape index (κ1) is 23.1. The molecule has 10 heteroatoms. The molecule has 4 rings (SSSR count). The van der Waals surface area contributed by atoms with Crippen LogP contribution in [0.25, 0.3) is 11.3 Å². The second kappa shape index (κ2) is 9.40. The topological polar surface area (TPSA) is 114 Å². The van der Waals surface area contributed by atoms with E-state index >= 15 is 0 Å². The van der Waals surface area contributed by atoms with E-state index in [1.807, 2.05) is 18.2 Å². The van der Waals surface area contributed by atoms with Gasteiger partial charge in [0, 0.05) is 17.2 Å². The van der Waals surface area contributed by atoms with E-state index in [1.54, 1.807) is 19.1 Å². The van der Waals surface area contributed by atoms with Crippen LogP contribution < -0.4 is 15.4 Å². The molecule has 2 amide bonds. The van der Waals surface area contributed by atoms with Crippen LogP contribution in [0.1, 0.15) is 29.7 Å². The van der Waals surface area contributed by atoms with Crippen molar-refractivity contribution in [3.8, 4) is 11.5 Å². The number of benzene rings is 3. The first-order valence-electron chi connectivity index (χ1n) is 10.3. The molecule has 1 aliphatic rings. The van der Waals surface area contributed by atoms with Crippen LogP contribution in [0, 0.1) is 15.9 Å². The van der Waals surface area contributed by atoms with E-state index in [4.69, 9.17) is 16.3 Å². The molecule has 1 atom stereocenters. The zero-order valence-electron chi connectivity index (χ0n) is 17.8. The summed E-state index contributed by atoms with van der Waals surface area (Å²) in [5.41, 5.74) is 1.81. The molecule has 3 N–H and O–H groups in total. The molecule has 1 aliphatic heterocycles. The molecule has 0 saturated carbocycles. The summed E-state index contributed by atoms with van der Waals surface area (Å²) in [6, 6.07) is 14.3.